The standard InChI is InChI=1S/C24H27FN4O4S/c1-16-14-19(17(2)28(16)23-9-7-6-8-22(23)25)15-26-27-24(30)18(3)29(34(5,31)32)20-10-12-21(33-4)13-11-20/h6-15,18H,1-5H3,(H,27,30)/b26-15-/t18-/m0/s1. The van der Waals surface area contributed by atoms with Crippen molar-refractivity contribution in [1.29, 1.82) is 0 Å². The molecule has 2 aromatic carbocycles. The highest BCUT2D eigenvalue weighted by molar-refractivity contribution is 7.92. The number of hydrogen-bond acceptors (Lipinski definition) is 5. The number of aromatic nitrogens is 1. The lowest BCUT2D eigenvalue weighted by molar-refractivity contribution is -0.121. The number of halogens is 1. The Morgan fingerprint density at radius 3 is 2.41 bits per heavy atom. The number of nitrogens with zero attached hydrogens (tertiary/aromatic N) is 3. The molecule has 0 bridgehead atoms. The molecule has 1 N–H and O–H groups in total. The molecular formula is C24H27FN4O4S. The topological polar surface area (TPSA) is 93.0 Å². The summed E-state index contributed by atoms with van der Waals surface area (Å²) in [6.07, 6.45) is 2.48. The number of hydrogen-bond donors (Lipinski definition) is 1. The Morgan fingerprint density at radius 1 is 1.18 bits per heavy atom. The van der Waals surface area contributed by atoms with E-state index < -0.39 is 22.0 Å². The van der Waals surface area contributed by atoms with E-state index in [2.05, 4.69) is 10.5 Å². The molecule has 34 heavy (non-hydrogen) atoms. The van der Waals surface area contributed by atoms with Gasteiger partial charge >= 0.3 is 0 Å². The summed E-state index contributed by atoms with van der Waals surface area (Å²) in [6.45, 7) is 5.14. The van der Waals surface area contributed by atoms with Crippen molar-refractivity contribution in [2.24, 2.45) is 5.10 Å². The first kappa shape index (κ1) is 25.0. The molecule has 0 spiro atoms. The van der Waals surface area contributed by atoms with Crippen molar-refractivity contribution < 1.29 is 22.3 Å². The monoisotopic (exact) mass is 486 g/mol. The Morgan fingerprint density at radius 2 is 1.82 bits per heavy atom. The van der Waals surface area contributed by atoms with Gasteiger partial charge in [0.05, 0.1) is 31.0 Å². The first-order chi connectivity index (χ1) is 16.0. The number of carbonyl (C=O) groups is 1. The van der Waals surface area contributed by atoms with Crippen LogP contribution in [0, 0.1) is 19.7 Å². The fraction of sp³-hybridized carbons (Fsp3) is 0.250. The normalized spacial score (nSPS) is 12.5. The lowest BCUT2D eigenvalue weighted by Gasteiger charge is -2.27. The zero-order chi connectivity index (χ0) is 25.0. The summed E-state index contributed by atoms with van der Waals surface area (Å²) in [6, 6.07) is 13.5. The van der Waals surface area contributed by atoms with E-state index in [1.54, 1.807) is 47.0 Å². The van der Waals surface area contributed by atoms with Gasteiger partial charge in [0.1, 0.15) is 17.6 Å². The van der Waals surface area contributed by atoms with Gasteiger partial charge in [0.2, 0.25) is 10.0 Å². The molecule has 3 rings (SSSR count). The lowest BCUT2D eigenvalue weighted by Crippen LogP contribution is -2.46. The van der Waals surface area contributed by atoms with Crippen LogP contribution in [0.25, 0.3) is 5.69 Å². The fourth-order valence-electron chi connectivity index (χ4n) is 3.72. The van der Waals surface area contributed by atoms with E-state index in [1.165, 1.54) is 26.3 Å². The molecule has 0 saturated carbocycles. The second-order valence-electron chi connectivity index (χ2n) is 7.78. The molecule has 0 aliphatic rings. The number of benzene rings is 2. The van der Waals surface area contributed by atoms with Crippen LogP contribution in [0.3, 0.4) is 0 Å². The van der Waals surface area contributed by atoms with Gasteiger partial charge in [0.25, 0.3) is 5.91 Å². The second-order valence-corrected chi connectivity index (χ2v) is 9.64. The Labute approximate surface area is 198 Å². The summed E-state index contributed by atoms with van der Waals surface area (Å²) < 4.78 is 47.0. The largest absolute Gasteiger partial charge is 0.497 e. The van der Waals surface area contributed by atoms with Gasteiger partial charge in [-0.05, 0) is 63.2 Å². The molecule has 0 saturated heterocycles. The third-order valence-corrected chi connectivity index (χ3v) is 6.60. The van der Waals surface area contributed by atoms with Crippen LogP contribution >= 0.6 is 0 Å². The van der Waals surface area contributed by atoms with Crippen LogP contribution in [0.4, 0.5) is 10.1 Å². The van der Waals surface area contributed by atoms with E-state index in [0.717, 1.165) is 21.9 Å². The van der Waals surface area contributed by atoms with Crippen molar-refractivity contribution in [3.8, 4) is 11.4 Å². The maximum Gasteiger partial charge on any atom is 0.263 e. The molecule has 0 unspecified atom stereocenters. The fourth-order valence-corrected chi connectivity index (χ4v) is 4.89. The zero-order valence-electron chi connectivity index (χ0n) is 19.6. The van der Waals surface area contributed by atoms with Gasteiger partial charge in [-0.1, -0.05) is 12.1 Å². The van der Waals surface area contributed by atoms with E-state index >= 15 is 0 Å². The molecule has 1 heterocycles. The maximum absolute atomic E-state index is 14.3. The van der Waals surface area contributed by atoms with Crippen molar-refractivity contribution in [3.05, 3.63) is 77.4 Å². The number of hydrazone groups is 1. The van der Waals surface area contributed by atoms with Gasteiger partial charge in [-0.2, -0.15) is 5.10 Å². The van der Waals surface area contributed by atoms with Gasteiger partial charge < -0.3 is 9.30 Å². The predicted octanol–water partition coefficient (Wildman–Crippen LogP) is 3.55. The summed E-state index contributed by atoms with van der Waals surface area (Å²) in [5, 5.41) is 4.01. The number of para-hydroxylation sites is 1. The van der Waals surface area contributed by atoms with Crippen LogP contribution in [0.1, 0.15) is 23.9 Å². The average molecular weight is 487 g/mol. The molecule has 0 fully saturated rings. The summed E-state index contributed by atoms with van der Waals surface area (Å²) in [5.41, 5.74) is 5.36. The molecule has 1 atom stereocenters. The van der Waals surface area contributed by atoms with E-state index in [9.17, 15) is 17.6 Å². The van der Waals surface area contributed by atoms with Crippen molar-refractivity contribution in [2.45, 2.75) is 26.8 Å². The number of carbonyl (C=O) groups excluding carboxylic acids is 1. The Bertz CT molecular complexity index is 1320. The van der Waals surface area contributed by atoms with Crippen LogP contribution in [0.15, 0.2) is 59.7 Å². The molecule has 1 aromatic heterocycles. The first-order valence-corrected chi connectivity index (χ1v) is 12.3. The minimum atomic E-state index is -3.76. The number of methoxy groups -OCH3 is 1. The second kappa shape index (κ2) is 10.1. The molecule has 0 aliphatic carbocycles. The van der Waals surface area contributed by atoms with Crippen LogP contribution in [0.5, 0.6) is 5.75 Å². The number of ether oxygens (including phenoxy) is 1. The van der Waals surface area contributed by atoms with E-state index in [1.807, 2.05) is 19.9 Å². The van der Waals surface area contributed by atoms with Gasteiger partial charge in [0.15, 0.2) is 0 Å². The summed E-state index contributed by atoms with van der Waals surface area (Å²) in [7, 11) is -2.26. The first-order valence-electron chi connectivity index (χ1n) is 10.4. The number of rotatable bonds is 8. The Kier molecular flexibility index (Phi) is 7.41. The van der Waals surface area contributed by atoms with Crippen molar-refractivity contribution in [1.82, 2.24) is 9.99 Å². The molecule has 180 valence electrons. The van der Waals surface area contributed by atoms with Gasteiger partial charge in [-0.25, -0.2) is 18.2 Å². The van der Waals surface area contributed by atoms with Gasteiger partial charge in [-0.15, -0.1) is 0 Å². The SMILES string of the molecule is COc1ccc(N([C@@H](C)C(=O)N/N=C\c2cc(C)n(-c3ccccc3F)c2C)S(C)(=O)=O)cc1. The number of nitrogens with one attached hydrogen (secondary N) is 1. The summed E-state index contributed by atoms with van der Waals surface area (Å²) in [4.78, 5) is 12.7. The highest BCUT2D eigenvalue weighted by atomic mass is 32.2. The minimum Gasteiger partial charge on any atom is -0.497 e. The quantitative estimate of drug-likeness (QED) is 0.389. The van der Waals surface area contributed by atoms with Crippen molar-refractivity contribution in [2.75, 3.05) is 17.7 Å². The smallest absolute Gasteiger partial charge is 0.263 e. The maximum atomic E-state index is 14.3. The molecule has 0 radical (unpaired) electrons. The molecule has 3 aromatic rings. The van der Waals surface area contributed by atoms with Gasteiger partial charge in [0, 0.05) is 17.0 Å². The minimum absolute atomic E-state index is 0.323. The van der Waals surface area contributed by atoms with Crippen LogP contribution < -0.4 is 14.5 Å². The van der Waals surface area contributed by atoms with Crippen LogP contribution in [0.2, 0.25) is 0 Å². The van der Waals surface area contributed by atoms with E-state index in [4.69, 9.17) is 4.74 Å². The summed E-state index contributed by atoms with van der Waals surface area (Å²) >= 11 is 0. The van der Waals surface area contributed by atoms with Crippen LogP contribution in [-0.4, -0.2) is 44.5 Å². The van der Waals surface area contributed by atoms with E-state index in [0.29, 0.717) is 22.7 Å². The number of aryl methyl sites for hydroxylation is 1. The van der Waals surface area contributed by atoms with Gasteiger partial charge in [-0.3, -0.25) is 9.10 Å². The highest BCUT2D eigenvalue weighted by Crippen LogP contribution is 2.24. The molecule has 10 heteroatoms. The Hall–Kier alpha value is -3.66. The molecule has 8 nitrogen and oxygen atoms in total. The third kappa shape index (κ3) is 5.28. The number of sulfonamides is 1. The lowest BCUT2D eigenvalue weighted by atomic mass is 10.2. The van der Waals surface area contributed by atoms with Crippen molar-refractivity contribution >= 4 is 27.8 Å². The molecular weight excluding hydrogens is 459 g/mol. The zero-order valence-corrected chi connectivity index (χ0v) is 20.4. The van der Waals surface area contributed by atoms with Crippen LogP contribution in [-0.2, 0) is 14.8 Å². The Balaban J connectivity index is 1.79. The van der Waals surface area contributed by atoms with E-state index in [-0.39, 0.29) is 5.82 Å². The number of amides is 1. The molecule has 0 aliphatic heterocycles. The summed E-state index contributed by atoms with van der Waals surface area (Å²) in [5.74, 6) is -0.401. The highest BCUT2D eigenvalue weighted by Gasteiger charge is 2.29. The average Bonchev–Trinajstić information content (AvgIpc) is 3.06. The number of anilines is 1. The molecule has 1 amide bonds. The predicted molar refractivity (Wildman–Crippen MR) is 131 cm³/mol. The third-order valence-electron chi connectivity index (χ3n) is 5.36. The van der Waals surface area contributed by atoms with Crippen molar-refractivity contribution in [3.63, 3.8) is 0 Å².